The smallest absolute Gasteiger partial charge is 0.303 e. The molecule has 0 saturated heterocycles. The maximum atomic E-state index is 13.3. The molecule has 0 rings (SSSR count). The minimum atomic E-state index is -1.30. The highest BCUT2D eigenvalue weighted by atomic mass is 16.5. The molecule has 5 N–H and O–H groups in total. The fourth-order valence-electron chi connectivity index (χ4n) is 4.23. The Morgan fingerprint density at radius 1 is 0.652 bits per heavy atom. The minimum Gasteiger partial charge on any atom is -0.481 e. The summed E-state index contributed by atoms with van der Waals surface area (Å²) < 4.78 is 5.97. The van der Waals surface area contributed by atoms with Crippen molar-refractivity contribution in [2.45, 2.75) is 137 Å². The van der Waals surface area contributed by atoms with E-state index in [2.05, 4.69) is 16.0 Å². The Balaban J connectivity index is 5.40. The van der Waals surface area contributed by atoms with Gasteiger partial charge >= 0.3 is 11.9 Å². The maximum absolute atomic E-state index is 13.3. The molecule has 0 bridgehead atoms. The van der Waals surface area contributed by atoms with Crippen molar-refractivity contribution in [2.75, 3.05) is 13.2 Å². The summed E-state index contributed by atoms with van der Waals surface area (Å²) in [5, 5.41) is 26.1. The lowest BCUT2D eigenvalue weighted by atomic mass is 9.88. The second-order valence-electron chi connectivity index (χ2n) is 13.7. The number of hydrogen-bond donors (Lipinski definition) is 5. The molecule has 46 heavy (non-hydrogen) atoms. The zero-order valence-corrected chi connectivity index (χ0v) is 29.0. The molecule has 0 fully saturated rings. The van der Waals surface area contributed by atoms with Crippen LogP contribution >= 0.6 is 0 Å². The largest absolute Gasteiger partial charge is 0.481 e. The molecule has 0 saturated carbocycles. The third-order valence-corrected chi connectivity index (χ3v) is 7.79. The van der Waals surface area contributed by atoms with Gasteiger partial charge in [-0.25, -0.2) is 0 Å². The van der Waals surface area contributed by atoms with Crippen LogP contribution in [0.5, 0.6) is 0 Å². The minimum absolute atomic E-state index is 0.0657. The van der Waals surface area contributed by atoms with Crippen LogP contribution in [0.15, 0.2) is 0 Å². The lowest BCUT2D eigenvalue weighted by molar-refractivity contribution is -0.140. The number of rotatable bonds is 25. The number of amides is 3. The molecule has 0 aromatic heterocycles. The van der Waals surface area contributed by atoms with Crippen LogP contribution in [-0.4, -0.2) is 82.3 Å². The van der Waals surface area contributed by atoms with Crippen molar-refractivity contribution in [3.8, 4) is 0 Å². The van der Waals surface area contributed by atoms with E-state index >= 15 is 0 Å². The van der Waals surface area contributed by atoms with Crippen molar-refractivity contribution < 1.29 is 48.5 Å². The van der Waals surface area contributed by atoms with Crippen molar-refractivity contribution in [2.24, 2.45) is 17.3 Å². The summed E-state index contributed by atoms with van der Waals surface area (Å²) in [7, 11) is 0. The predicted octanol–water partition coefficient (Wildman–Crippen LogP) is 3.41. The second-order valence-corrected chi connectivity index (χ2v) is 13.7. The zero-order chi connectivity index (χ0) is 35.7. The fraction of sp³-hybridized carbons (Fsp3) is 0.788. The first kappa shape index (κ1) is 42.6. The van der Waals surface area contributed by atoms with Gasteiger partial charge in [-0.15, -0.1) is 0 Å². The molecule has 13 nitrogen and oxygen atoms in total. The number of carboxylic acid groups (broad SMARTS) is 2. The Morgan fingerprint density at radius 3 is 1.65 bits per heavy atom. The molecule has 0 heterocycles. The highest BCUT2D eigenvalue weighted by molar-refractivity contribution is 5.93. The van der Waals surface area contributed by atoms with Gasteiger partial charge in [-0.1, -0.05) is 41.5 Å². The van der Waals surface area contributed by atoms with Crippen LogP contribution in [0.1, 0.15) is 120 Å². The van der Waals surface area contributed by atoms with E-state index < -0.39 is 65.6 Å². The van der Waals surface area contributed by atoms with Gasteiger partial charge < -0.3 is 30.9 Å². The standard InChI is InChI=1S/C33H57N3O10/c1-21(2)25(37)11-9-10-19-34-29(43)23(12-14-27(39)40)35-30(44)24(13-15-28(41)42)36-31(45)32(5,6)18-20-46-33(7,8)17-16-26(38)22(3)4/h21-24H,9-20H2,1-8H3,(H,34,43)(H,35,44)(H,36,45)(H,39,40)(H,41,42)/t23-,24-/m0/s1. The number of ketones is 2. The van der Waals surface area contributed by atoms with Gasteiger partial charge in [0.15, 0.2) is 0 Å². The van der Waals surface area contributed by atoms with E-state index in [9.17, 15) is 38.7 Å². The molecule has 264 valence electrons. The van der Waals surface area contributed by atoms with Gasteiger partial charge in [-0.2, -0.15) is 0 Å². The van der Waals surface area contributed by atoms with Gasteiger partial charge in [0, 0.05) is 56.1 Å². The summed E-state index contributed by atoms with van der Waals surface area (Å²) in [4.78, 5) is 85.8. The summed E-state index contributed by atoms with van der Waals surface area (Å²) in [6.07, 6.45) is 1.26. The van der Waals surface area contributed by atoms with Crippen molar-refractivity contribution in [1.29, 1.82) is 0 Å². The molecule has 0 aliphatic heterocycles. The first-order chi connectivity index (χ1) is 21.2. The van der Waals surface area contributed by atoms with Gasteiger partial charge in [-0.3, -0.25) is 33.6 Å². The van der Waals surface area contributed by atoms with Gasteiger partial charge in [-0.05, 0) is 52.4 Å². The van der Waals surface area contributed by atoms with Crippen LogP contribution in [0.3, 0.4) is 0 Å². The number of nitrogens with one attached hydrogen (secondary N) is 3. The van der Waals surface area contributed by atoms with Gasteiger partial charge in [0.1, 0.15) is 23.7 Å². The van der Waals surface area contributed by atoms with E-state index in [0.29, 0.717) is 32.1 Å². The molecule has 0 aliphatic rings. The van der Waals surface area contributed by atoms with E-state index in [-0.39, 0.29) is 55.8 Å². The first-order valence-electron chi connectivity index (χ1n) is 16.2. The van der Waals surface area contributed by atoms with Crippen LogP contribution in [0.25, 0.3) is 0 Å². The summed E-state index contributed by atoms with van der Waals surface area (Å²) >= 11 is 0. The SMILES string of the molecule is CC(C)C(=O)CCCCNC(=O)[C@H](CCC(=O)O)NC(=O)[C@H](CCC(=O)O)NC(=O)C(C)(C)CCOC(C)(C)CCC(=O)C(C)C. The molecular weight excluding hydrogens is 598 g/mol. The van der Waals surface area contributed by atoms with E-state index in [1.54, 1.807) is 13.8 Å². The third kappa shape index (κ3) is 18.6. The number of hydrogen-bond acceptors (Lipinski definition) is 8. The summed E-state index contributed by atoms with van der Waals surface area (Å²) in [5.41, 5.74) is -1.62. The molecule has 3 amide bonds. The monoisotopic (exact) mass is 655 g/mol. The van der Waals surface area contributed by atoms with Crippen LogP contribution < -0.4 is 16.0 Å². The lowest BCUT2D eigenvalue weighted by Gasteiger charge is -2.30. The number of ether oxygens (including phenoxy) is 1. The van der Waals surface area contributed by atoms with Crippen molar-refractivity contribution in [3.63, 3.8) is 0 Å². The van der Waals surface area contributed by atoms with E-state index in [4.69, 9.17) is 9.84 Å². The topological polar surface area (TPSA) is 205 Å². The summed E-state index contributed by atoms with van der Waals surface area (Å²) in [6.45, 7) is 14.8. The number of carbonyl (C=O) groups is 7. The molecule has 0 aromatic carbocycles. The zero-order valence-electron chi connectivity index (χ0n) is 29.0. The van der Waals surface area contributed by atoms with Gasteiger partial charge in [0.05, 0.1) is 5.60 Å². The van der Waals surface area contributed by atoms with Crippen LogP contribution in [0.4, 0.5) is 0 Å². The van der Waals surface area contributed by atoms with E-state index in [1.165, 1.54) is 0 Å². The molecule has 13 heteroatoms. The molecule has 0 aliphatic carbocycles. The molecule has 2 atom stereocenters. The number of Topliss-reactive ketones (excluding diaryl/α,β-unsaturated/α-hetero) is 2. The Hall–Kier alpha value is -3.35. The van der Waals surface area contributed by atoms with E-state index in [0.717, 1.165) is 0 Å². The predicted molar refractivity (Wildman–Crippen MR) is 172 cm³/mol. The summed E-state index contributed by atoms with van der Waals surface area (Å²) in [5.74, 6) is -4.22. The van der Waals surface area contributed by atoms with Crippen molar-refractivity contribution >= 4 is 41.2 Å². The highest BCUT2D eigenvalue weighted by Gasteiger charge is 2.34. The van der Waals surface area contributed by atoms with Gasteiger partial charge in [0.25, 0.3) is 0 Å². The quantitative estimate of drug-likeness (QED) is 0.0906. The van der Waals surface area contributed by atoms with Crippen molar-refractivity contribution in [3.05, 3.63) is 0 Å². The molecule has 0 unspecified atom stereocenters. The fourth-order valence-corrected chi connectivity index (χ4v) is 4.23. The second kappa shape index (κ2) is 20.7. The van der Waals surface area contributed by atoms with Crippen LogP contribution in [-0.2, 0) is 38.3 Å². The number of carbonyl (C=O) groups excluding carboxylic acids is 5. The Kier molecular flexibility index (Phi) is 19.2. The molecular formula is C33H57N3O10. The Labute approximate surface area is 273 Å². The van der Waals surface area contributed by atoms with Gasteiger partial charge in [0.2, 0.25) is 17.7 Å². The van der Waals surface area contributed by atoms with Crippen molar-refractivity contribution in [1.82, 2.24) is 16.0 Å². The molecule has 0 spiro atoms. The average Bonchev–Trinajstić information content (AvgIpc) is 2.94. The Morgan fingerprint density at radius 2 is 1.15 bits per heavy atom. The first-order valence-corrected chi connectivity index (χ1v) is 16.2. The number of unbranched alkanes of at least 4 members (excludes halogenated alkanes) is 1. The molecule has 0 radical (unpaired) electrons. The normalized spacial score (nSPS) is 13.2. The van der Waals surface area contributed by atoms with E-state index in [1.807, 2.05) is 41.5 Å². The Bertz CT molecular complexity index is 1050. The highest BCUT2D eigenvalue weighted by Crippen LogP contribution is 2.25. The lowest BCUT2D eigenvalue weighted by Crippen LogP contribution is -2.55. The maximum Gasteiger partial charge on any atom is 0.303 e. The molecule has 0 aromatic rings. The summed E-state index contributed by atoms with van der Waals surface area (Å²) in [6, 6.07) is -2.54. The average molecular weight is 656 g/mol. The van der Waals surface area contributed by atoms with Crippen LogP contribution in [0, 0.1) is 17.3 Å². The number of aliphatic carboxylic acids is 2. The number of carboxylic acids is 2. The third-order valence-electron chi connectivity index (χ3n) is 7.79. The van der Waals surface area contributed by atoms with Crippen LogP contribution in [0.2, 0.25) is 0 Å².